The van der Waals surface area contributed by atoms with Gasteiger partial charge in [-0.05, 0) is 38.0 Å². The number of hydrogen-bond acceptors (Lipinski definition) is 2. The fourth-order valence-corrected chi connectivity index (χ4v) is 2.53. The zero-order valence-corrected chi connectivity index (χ0v) is 16.8. The summed E-state index contributed by atoms with van der Waals surface area (Å²) in [6, 6.07) is 5.73. The highest BCUT2D eigenvalue weighted by Crippen LogP contribution is 2.11. The molecule has 26 heavy (non-hydrogen) atoms. The van der Waals surface area contributed by atoms with Gasteiger partial charge in [0.25, 0.3) is 0 Å². The number of rotatable bonds is 13. The van der Waals surface area contributed by atoms with Crippen molar-refractivity contribution in [3.63, 3.8) is 0 Å². The highest BCUT2D eigenvalue weighted by Gasteiger charge is 1.97. The van der Waals surface area contributed by atoms with E-state index in [0.717, 1.165) is 18.5 Å². The average Bonchev–Trinajstić information content (AvgIpc) is 2.67. The second-order valence-electron chi connectivity index (χ2n) is 6.62. The molecule has 0 atom stereocenters. The maximum absolute atomic E-state index is 10.5. The quantitative estimate of drug-likeness (QED) is 0.303. The Balaban J connectivity index is 0.000000642. The van der Waals surface area contributed by atoms with E-state index in [1.807, 2.05) is 24.3 Å². The Morgan fingerprint density at radius 1 is 1.04 bits per heavy atom. The first-order valence-corrected chi connectivity index (χ1v) is 10.0. The van der Waals surface area contributed by atoms with Gasteiger partial charge in [0, 0.05) is 11.8 Å². The zero-order valence-electron chi connectivity index (χ0n) is 16.8. The van der Waals surface area contributed by atoms with Crippen molar-refractivity contribution in [2.24, 2.45) is 0 Å². The summed E-state index contributed by atoms with van der Waals surface area (Å²) in [6.45, 7) is 7.48. The molecule has 3 heteroatoms. The standard InChI is InChI=1S/C16H30O2.C7H7N/c1-3-4-5-6-7-8-9-10-11-12-13-14-15(2)16(17)18;1-2-7-5-3-4-6-8-7/h14H,3-13H2,1-2H3,(H,17,18);2-6H,1H2. The molecule has 1 aromatic heterocycles. The minimum absolute atomic E-state index is 0.478. The Morgan fingerprint density at radius 3 is 2.04 bits per heavy atom. The van der Waals surface area contributed by atoms with Crippen molar-refractivity contribution >= 4 is 12.0 Å². The van der Waals surface area contributed by atoms with Crippen molar-refractivity contribution in [3.05, 3.63) is 48.3 Å². The lowest BCUT2D eigenvalue weighted by molar-refractivity contribution is -0.132. The predicted octanol–water partition coefficient (Wildman–Crippen LogP) is 7.05. The molecule has 0 fully saturated rings. The van der Waals surface area contributed by atoms with Crippen LogP contribution in [-0.4, -0.2) is 16.1 Å². The van der Waals surface area contributed by atoms with E-state index in [-0.39, 0.29) is 0 Å². The maximum Gasteiger partial charge on any atom is 0.330 e. The van der Waals surface area contributed by atoms with E-state index in [0.29, 0.717) is 5.57 Å². The lowest BCUT2D eigenvalue weighted by atomic mass is 10.1. The molecular formula is C23H37NO2. The molecule has 0 radical (unpaired) electrons. The molecule has 0 saturated carbocycles. The largest absolute Gasteiger partial charge is 0.478 e. The summed E-state index contributed by atoms with van der Waals surface area (Å²) in [7, 11) is 0. The normalized spacial score (nSPS) is 10.8. The maximum atomic E-state index is 10.5. The van der Waals surface area contributed by atoms with Crippen molar-refractivity contribution in [1.82, 2.24) is 4.98 Å². The SMILES string of the molecule is C=Cc1ccccn1.CCCCCCCCCCCCC=C(C)C(=O)O. The Labute approximate surface area is 160 Å². The van der Waals surface area contributed by atoms with Crippen LogP contribution in [0.2, 0.25) is 0 Å². The highest BCUT2D eigenvalue weighted by molar-refractivity contribution is 5.85. The zero-order chi connectivity index (χ0) is 19.5. The molecule has 0 spiro atoms. The summed E-state index contributed by atoms with van der Waals surface area (Å²) in [4.78, 5) is 14.5. The predicted molar refractivity (Wildman–Crippen MR) is 112 cm³/mol. The van der Waals surface area contributed by atoms with E-state index < -0.39 is 5.97 Å². The van der Waals surface area contributed by atoms with Gasteiger partial charge >= 0.3 is 5.97 Å². The number of pyridine rings is 1. The second-order valence-corrected chi connectivity index (χ2v) is 6.62. The summed E-state index contributed by atoms with van der Waals surface area (Å²) in [5.41, 5.74) is 1.40. The third kappa shape index (κ3) is 15.6. The minimum Gasteiger partial charge on any atom is -0.478 e. The lowest BCUT2D eigenvalue weighted by Gasteiger charge is -2.01. The van der Waals surface area contributed by atoms with Gasteiger partial charge in [-0.2, -0.15) is 0 Å². The van der Waals surface area contributed by atoms with Crippen molar-refractivity contribution in [3.8, 4) is 0 Å². The minimum atomic E-state index is -0.790. The van der Waals surface area contributed by atoms with Gasteiger partial charge in [0.15, 0.2) is 0 Å². The molecule has 0 amide bonds. The molecule has 146 valence electrons. The molecular weight excluding hydrogens is 322 g/mol. The first-order chi connectivity index (χ1) is 12.6. The van der Waals surface area contributed by atoms with Gasteiger partial charge in [0.2, 0.25) is 0 Å². The first-order valence-electron chi connectivity index (χ1n) is 10.0. The van der Waals surface area contributed by atoms with Crippen LogP contribution in [0, 0.1) is 0 Å². The Hall–Kier alpha value is -1.90. The van der Waals surface area contributed by atoms with Crippen molar-refractivity contribution in [2.75, 3.05) is 0 Å². The average molecular weight is 360 g/mol. The van der Waals surface area contributed by atoms with Crippen molar-refractivity contribution in [2.45, 2.75) is 84.5 Å². The molecule has 0 aliphatic heterocycles. The van der Waals surface area contributed by atoms with Crippen LogP contribution < -0.4 is 0 Å². The van der Waals surface area contributed by atoms with Gasteiger partial charge in [-0.3, -0.25) is 4.98 Å². The Morgan fingerprint density at radius 2 is 1.62 bits per heavy atom. The molecule has 0 aliphatic carbocycles. The number of allylic oxidation sites excluding steroid dienone is 1. The summed E-state index contributed by atoms with van der Waals surface area (Å²) in [5.74, 6) is -0.790. The smallest absolute Gasteiger partial charge is 0.330 e. The van der Waals surface area contributed by atoms with Crippen molar-refractivity contribution in [1.29, 1.82) is 0 Å². The summed E-state index contributed by atoms with van der Waals surface area (Å²) >= 11 is 0. The summed E-state index contributed by atoms with van der Waals surface area (Å²) in [5, 5.41) is 8.68. The van der Waals surface area contributed by atoms with E-state index in [2.05, 4.69) is 18.5 Å². The molecule has 0 aliphatic rings. The van der Waals surface area contributed by atoms with E-state index in [9.17, 15) is 4.79 Å². The molecule has 1 heterocycles. The number of carboxylic acid groups (broad SMARTS) is 1. The van der Waals surface area contributed by atoms with Gasteiger partial charge < -0.3 is 5.11 Å². The summed E-state index contributed by atoms with van der Waals surface area (Å²) in [6.07, 6.45) is 19.5. The molecule has 0 unspecified atom stereocenters. The first kappa shape index (κ1) is 24.1. The third-order valence-corrected chi connectivity index (χ3v) is 4.24. The van der Waals surface area contributed by atoms with E-state index in [4.69, 9.17) is 5.11 Å². The molecule has 1 rings (SSSR count). The highest BCUT2D eigenvalue weighted by atomic mass is 16.4. The van der Waals surface area contributed by atoms with Gasteiger partial charge in [0.1, 0.15) is 0 Å². The number of hydrogen-bond donors (Lipinski definition) is 1. The fraction of sp³-hybridized carbons (Fsp3) is 0.565. The molecule has 3 nitrogen and oxygen atoms in total. The van der Waals surface area contributed by atoms with Gasteiger partial charge in [0.05, 0.1) is 5.69 Å². The molecule has 1 aromatic rings. The Bertz CT molecular complexity index is 494. The number of nitrogens with zero attached hydrogens (tertiary/aromatic N) is 1. The molecule has 0 aromatic carbocycles. The summed E-state index contributed by atoms with van der Waals surface area (Å²) < 4.78 is 0. The molecule has 0 bridgehead atoms. The fourth-order valence-electron chi connectivity index (χ4n) is 2.53. The monoisotopic (exact) mass is 359 g/mol. The third-order valence-electron chi connectivity index (χ3n) is 4.24. The van der Waals surface area contributed by atoms with Crippen LogP contribution in [-0.2, 0) is 4.79 Å². The van der Waals surface area contributed by atoms with E-state index in [1.165, 1.54) is 57.8 Å². The van der Waals surface area contributed by atoms with Crippen LogP contribution in [0.3, 0.4) is 0 Å². The molecule has 0 saturated heterocycles. The van der Waals surface area contributed by atoms with Crippen molar-refractivity contribution < 1.29 is 9.90 Å². The number of carbonyl (C=O) groups is 1. The second kappa shape index (κ2) is 17.9. The van der Waals surface area contributed by atoms with E-state index >= 15 is 0 Å². The number of carboxylic acids is 1. The van der Waals surface area contributed by atoms with Crippen LogP contribution in [0.1, 0.15) is 90.2 Å². The number of aliphatic carboxylic acids is 1. The lowest BCUT2D eigenvalue weighted by Crippen LogP contribution is -1.95. The van der Waals surface area contributed by atoms with Crippen LogP contribution in [0.25, 0.3) is 6.08 Å². The van der Waals surface area contributed by atoms with Gasteiger partial charge in [-0.25, -0.2) is 4.79 Å². The number of aromatic nitrogens is 1. The van der Waals surface area contributed by atoms with Crippen LogP contribution in [0.5, 0.6) is 0 Å². The van der Waals surface area contributed by atoms with Crippen LogP contribution >= 0.6 is 0 Å². The van der Waals surface area contributed by atoms with Crippen LogP contribution in [0.4, 0.5) is 0 Å². The Kier molecular flexibility index (Phi) is 16.6. The van der Waals surface area contributed by atoms with Gasteiger partial charge in [-0.15, -0.1) is 0 Å². The topological polar surface area (TPSA) is 50.2 Å². The van der Waals surface area contributed by atoms with Gasteiger partial charge in [-0.1, -0.05) is 83.4 Å². The molecule has 1 N–H and O–H groups in total. The number of unbranched alkanes of at least 4 members (excludes halogenated alkanes) is 10. The van der Waals surface area contributed by atoms with Crippen LogP contribution in [0.15, 0.2) is 42.6 Å². The van der Waals surface area contributed by atoms with E-state index in [1.54, 1.807) is 19.2 Å².